The van der Waals surface area contributed by atoms with Crippen molar-refractivity contribution in [3.05, 3.63) is 41.9 Å². The number of halogens is 3. The predicted octanol–water partition coefficient (Wildman–Crippen LogP) is 4.42. The summed E-state index contributed by atoms with van der Waals surface area (Å²) in [6.45, 7) is 4.77. The third-order valence-corrected chi connectivity index (χ3v) is 3.07. The first-order chi connectivity index (χ1) is 9.91. The predicted molar refractivity (Wildman–Crippen MR) is 73.6 cm³/mol. The van der Waals surface area contributed by atoms with Crippen LogP contribution in [0, 0.1) is 0 Å². The highest BCUT2D eigenvalue weighted by molar-refractivity contribution is 5.57. The molecule has 0 aliphatic rings. The van der Waals surface area contributed by atoms with Gasteiger partial charge in [0.15, 0.2) is 5.76 Å². The molecule has 0 aliphatic heterocycles. The number of rotatable bonds is 5. The lowest BCUT2D eigenvalue weighted by Crippen LogP contribution is -2.19. The first kappa shape index (κ1) is 15.6. The van der Waals surface area contributed by atoms with Gasteiger partial charge in [0.25, 0.3) is 0 Å². The van der Waals surface area contributed by atoms with Gasteiger partial charge in [-0.3, -0.25) is 0 Å². The number of benzene rings is 1. The highest BCUT2D eigenvalue weighted by atomic mass is 19.4. The van der Waals surface area contributed by atoms with E-state index in [1.54, 1.807) is 6.07 Å². The molecule has 1 heterocycles. The van der Waals surface area contributed by atoms with Crippen molar-refractivity contribution in [1.82, 2.24) is 10.3 Å². The minimum atomic E-state index is -4.37. The summed E-state index contributed by atoms with van der Waals surface area (Å²) in [7, 11) is 0. The highest BCUT2D eigenvalue weighted by Crippen LogP contribution is 2.32. The zero-order chi connectivity index (χ0) is 15.5. The number of hydrogen-bond acceptors (Lipinski definition) is 3. The maximum Gasteiger partial charge on any atom is 0.416 e. The van der Waals surface area contributed by atoms with Gasteiger partial charge in [-0.05, 0) is 32.0 Å². The van der Waals surface area contributed by atoms with Crippen molar-refractivity contribution in [3.8, 4) is 11.3 Å². The van der Waals surface area contributed by atoms with E-state index in [0.717, 1.165) is 25.1 Å². The molecule has 0 aliphatic carbocycles. The smallest absolute Gasteiger partial charge is 0.416 e. The van der Waals surface area contributed by atoms with Gasteiger partial charge in [0.1, 0.15) is 0 Å². The largest absolute Gasteiger partial charge is 0.439 e. The Morgan fingerprint density at radius 3 is 2.76 bits per heavy atom. The average Bonchev–Trinajstić information content (AvgIpc) is 2.94. The highest BCUT2D eigenvalue weighted by Gasteiger charge is 2.30. The zero-order valence-corrected chi connectivity index (χ0v) is 11.9. The molecule has 0 amide bonds. The van der Waals surface area contributed by atoms with Crippen molar-refractivity contribution < 1.29 is 17.6 Å². The summed E-state index contributed by atoms with van der Waals surface area (Å²) in [6, 6.07) is 4.95. The van der Waals surface area contributed by atoms with Crippen molar-refractivity contribution in [2.24, 2.45) is 0 Å². The number of hydrogen-bond donors (Lipinski definition) is 1. The Hall–Kier alpha value is -1.82. The summed E-state index contributed by atoms with van der Waals surface area (Å²) in [4.78, 5) is 4.13. The fourth-order valence-electron chi connectivity index (χ4n) is 1.92. The fraction of sp³-hybridized carbons (Fsp3) is 0.400. The molecule has 6 heteroatoms. The summed E-state index contributed by atoms with van der Waals surface area (Å²) in [5.74, 6) is 0.803. The van der Waals surface area contributed by atoms with E-state index in [0.29, 0.717) is 17.2 Å². The van der Waals surface area contributed by atoms with E-state index < -0.39 is 11.7 Å². The average molecular weight is 298 g/mol. The Labute approximate surface area is 121 Å². The van der Waals surface area contributed by atoms with Gasteiger partial charge in [0.05, 0.1) is 17.8 Å². The molecule has 21 heavy (non-hydrogen) atoms. The summed E-state index contributed by atoms with van der Waals surface area (Å²) in [5.41, 5.74) is -0.332. The number of alkyl halides is 3. The van der Waals surface area contributed by atoms with Crippen LogP contribution in [0.1, 0.15) is 37.8 Å². The van der Waals surface area contributed by atoms with E-state index in [1.165, 1.54) is 12.3 Å². The number of nitrogens with one attached hydrogen (secondary N) is 1. The van der Waals surface area contributed by atoms with Crippen LogP contribution < -0.4 is 5.32 Å². The molecule has 1 aromatic carbocycles. The molecule has 1 aromatic heterocycles. The molecule has 1 N–H and O–H groups in total. The van der Waals surface area contributed by atoms with Gasteiger partial charge in [-0.2, -0.15) is 13.2 Å². The molecule has 2 rings (SSSR count). The second-order valence-corrected chi connectivity index (χ2v) is 4.82. The van der Waals surface area contributed by atoms with Crippen LogP contribution in [0.4, 0.5) is 13.2 Å². The lowest BCUT2D eigenvalue weighted by atomic mass is 10.1. The van der Waals surface area contributed by atoms with Gasteiger partial charge in [0.2, 0.25) is 5.89 Å². The first-order valence-corrected chi connectivity index (χ1v) is 6.78. The second-order valence-electron chi connectivity index (χ2n) is 4.82. The topological polar surface area (TPSA) is 38.1 Å². The van der Waals surface area contributed by atoms with E-state index >= 15 is 0 Å². The zero-order valence-electron chi connectivity index (χ0n) is 11.9. The van der Waals surface area contributed by atoms with Crippen LogP contribution in [0.2, 0.25) is 0 Å². The number of oxazole rings is 1. The van der Waals surface area contributed by atoms with Gasteiger partial charge in [0, 0.05) is 5.56 Å². The molecule has 0 spiro atoms. The van der Waals surface area contributed by atoms with E-state index in [9.17, 15) is 13.2 Å². The monoisotopic (exact) mass is 298 g/mol. The maximum absolute atomic E-state index is 12.7. The Balaban J connectivity index is 2.22. The van der Waals surface area contributed by atoms with Crippen molar-refractivity contribution >= 4 is 0 Å². The van der Waals surface area contributed by atoms with Crippen molar-refractivity contribution in [3.63, 3.8) is 0 Å². The molecule has 0 radical (unpaired) electrons. The normalized spacial score (nSPS) is 13.4. The van der Waals surface area contributed by atoms with Gasteiger partial charge in [-0.1, -0.05) is 19.1 Å². The molecular weight excluding hydrogens is 281 g/mol. The molecule has 1 unspecified atom stereocenters. The summed E-state index contributed by atoms with van der Waals surface area (Å²) in [5, 5.41) is 3.21. The van der Waals surface area contributed by atoms with E-state index in [2.05, 4.69) is 10.3 Å². The van der Waals surface area contributed by atoms with Crippen molar-refractivity contribution in [2.75, 3.05) is 6.54 Å². The first-order valence-electron chi connectivity index (χ1n) is 6.78. The van der Waals surface area contributed by atoms with Crippen LogP contribution in [0.3, 0.4) is 0 Å². The fourth-order valence-corrected chi connectivity index (χ4v) is 1.92. The maximum atomic E-state index is 12.7. The molecule has 1 atom stereocenters. The molecule has 0 saturated carbocycles. The van der Waals surface area contributed by atoms with Crippen LogP contribution >= 0.6 is 0 Å². The summed E-state index contributed by atoms with van der Waals surface area (Å²) in [6.07, 6.45) is -1.94. The Morgan fingerprint density at radius 2 is 2.10 bits per heavy atom. The molecule has 2 aromatic rings. The molecule has 0 fully saturated rings. The Bertz CT molecular complexity index is 593. The van der Waals surface area contributed by atoms with E-state index in [1.807, 2.05) is 13.8 Å². The minimum absolute atomic E-state index is 0.0792. The quantitative estimate of drug-likeness (QED) is 0.888. The molecule has 0 saturated heterocycles. The van der Waals surface area contributed by atoms with Crippen molar-refractivity contribution in [2.45, 2.75) is 32.5 Å². The van der Waals surface area contributed by atoms with Crippen LogP contribution in [0.15, 0.2) is 34.9 Å². The summed E-state index contributed by atoms with van der Waals surface area (Å²) >= 11 is 0. The third-order valence-electron chi connectivity index (χ3n) is 3.07. The van der Waals surface area contributed by atoms with Crippen LogP contribution in [0.5, 0.6) is 0 Å². The van der Waals surface area contributed by atoms with Gasteiger partial charge in [-0.25, -0.2) is 4.98 Å². The van der Waals surface area contributed by atoms with Crippen LogP contribution in [0.25, 0.3) is 11.3 Å². The van der Waals surface area contributed by atoms with Gasteiger partial charge in [-0.15, -0.1) is 0 Å². The van der Waals surface area contributed by atoms with Crippen molar-refractivity contribution in [1.29, 1.82) is 0 Å². The SMILES string of the molecule is CCCNC(C)c1ncc(-c2cccc(C(F)(F)F)c2)o1. The van der Waals surface area contributed by atoms with Gasteiger partial charge >= 0.3 is 6.18 Å². The number of nitrogens with zero attached hydrogens (tertiary/aromatic N) is 1. The van der Waals surface area contributed by atoms with Crippen LogP contribution in [-0.4, -0.2) is 11.5 Å². The second kappa shape index (κ2) is 6.30. The lowest BCUT2D eigenvalue weighted by molar-refractivity contribution is -0.137. The Kier molecular flexibility index (Phi) is 4.67. The van der Waals surface area contributed by atoms with Crippen LogP contribution in [-0.2, 0) is 6.18 Å². The van der Waals surface area contributed by atoms with E-state index in [-0.39, 0.29) is 6.04 Å². The summed E-state index contributed by atoms with van der Waals surface area (Å²) < 4.78 is 43.7. The third kappa shape index (κ3) is 3.85. The minimum Gasteiger partial charge on any atom is -0.439 e. The lowest BCUT2D eigenvalue weighted by Gasteiger charge is -2.09. The Morgan fingerprint density at radius 1 is 1.33 bits per heavy atom. The molecular formula is C15H17F3N2O. The molecule has 3 nitrogen and oxygen atoms in total. The number of aromatic nitrogens is 1. The standard InChI is InChI=1S/C15H17F3N2O/c1-3-7-19-10(2)14-20-9-13(21-14)11-5-4-6-12(8-11)15(16,17)18/h4-6,8-10,19H,3,7H2,1-2H3. The van der Waals surface area contributed by atoms with E-state index in [4.69, 9.17) is 4.42 Å². The molecule has 114 valence electrons. The van der Waals surface area contributed by atoms with Gasteiger partial charge < -0.3 is 9.73 Å². The molecule has 0 bridgehead atoms.